The van der Waals surface area contributed by atoms with Crippen molar-refractivity contribution in [3.63, 3.8) is 0 Å². The third kappa shape index (κ3) is 3.79. The Bertz CT molecular complexity index is 742. The number of H-pyrrole nitrogens is 1. The maximum absolute atomic E-state index is 12.2. The number of carbonyl (C=O) groups is 1. The fourth-order valence-electron chi connectivity index (χ4n) is 2.97. The van der Waals surface area contributed by atoms with E-state index >= 15 is 0 Å². The van der Waals surface area contributed by atoms with E-state index in [9.17, 15) is 4.79 Å². The van der Waals surface area contributed by atoms with Gasteiger partial charge in [-0.1, -0.05) is 0 Å². The number of hydrogen-bond donors (Lipinski definition) is 2. The third-order valence-electron chi connectivity index (χ3n) is 4.56. The topological polar surface area (TPSA) is 90.0 Å². The van der Waals surface area contributed by atoms with Gasteiger partial charge in [-0.3, -0.25) is 4.79 Å². The van der Waals surface area contributed by atoms with Gasteiger partial charge in [0.25, 0.3) is 5.91 Å². The fourth-order valence-corrected chi connectivity index (χ4v) is 2.97. The number of hydrogen-bond acceptors (Lipinski definition) is 6. The maximum atomic E-state index is 12.2. The average Bonchev–Trinajstić information content (AvgIpc) is 3.25. The van der Waals surface area contributed by atoms with Gasteiger partial charge in [-0.15, -0.1) is 0 Å². The predicted octanol–water partition coefficient (Wildman–Crippen LogP) is 0.887. The van der Waals surface area contributed by atoms with Crippen molar-refractivity contribution in [3.8, 4) is 0 Å². The lowest BCUT2D eigenvalue weighted by atomic mass is 10.2. The number of nitrogens with zero attached hydrogens (tertiary/aromatic N) is 5. The normalized spacial score (nSPS) is 17.1. The molecule has 25 heavy (non-hydrogen) atoms. The van der Waals surface area contributed by atoms with Crippen molar-refractivity contribution in [2.75, 3.05) is 32.1 Å². The lowest BCUT2D eigenvalue weighted by molar-refractivity contribution is 0.0815. The van der Waals surface area contributed by atoms with Gasteiger partial charge in [0, 0.05) is 56.9 Å². The number of aromatic amines is 1. The minimum atomic E-state index is -0.170. The fraction of sp³-hybridized carbons (Fsp3) is 0.529. The summed E-state index contributed by atoms with van der Waals surface area (Å²) in [5.74, 6) is 1.89. The number of rotatable bonds is 5. The molecule has 134 valence electrons. The minimum absolute atomic E-state index is 0.170. The second kappa shape index (κ2) is 7.18. The minimum Gasteiger partial charge on any atom is -0.355 e. The zero-order valence-electron chi connectivity index (χ0n) is 15.2. The van der Waals surface area contributed by atoms with E-state index in [1.807, 2.05) is 20.0 Å². The highest BCUT2D eigenvalue weighted by molar-refractivity contribution is 5.90. The van der Waals surface area contributed by atoms with Crippen molar-refractivity contribution in [2.45, 2.75) is 32.9 Å². The zero-order valence-corrected chi connectivity index (χ0v) is 15.2. The molecular weight excluding hydrogens is 318 g/mol. The Balaban J connectivity index is 1.72. The number of amides is 1. The van der Waals surface area contributed by atoms with Crippen LogP contribution in [0.3, 0.4) is 0 Å². The van der Waals surface area contributed by atoms with Gasteiger partial charge >= 0.3 is 0 Å². The van der Waals surface area contributed by atoms with Gasteiger partial charge in [0.2, 0.25) is 5.82 Å². The van der Waals surface area contributed by atoms with E-state index in [0.29, 0.717) is 6.04 Å². The maximum Gasteiger partial charge on any atom is 0.291 e. The molecule has 8 nitrogen and oxygen atoms in total. The van der Waals surface area contributed by atoms with Gasteiger partial charge in [0.15, 0.2) is 0 Å². The van der Waals surface area contributed by atoms with E-state index in [1.54, 1.807) is 20.3 Å². The Labute approximate surface area is 147 Å². The highest BCUT2D eigenvalue weighted by Gasteiger charge is 2.26. The van der Waals surface area contributed by atoms with E-state index in [2.05, 4.69) is 30.2 Å². The summed E-state index contributed by atoms with van der Waals surface area (Å²) in [7, 11) is 3.43. The first-order valence-corrected chi connectivity index (χ1v) is 8.49. The van der Waals surface area contributed by atoms with E-state index in [4.69, 9.17) is 0 Å². The van der Waals surface area contributed by atoms with E-state index < -0.39 is 0 Å². The Morgan fingerprint density at radius 2 is 2.20 bits per heavy atom. The summed E-state index contributed by atoms with van der Waals surface area (Å²) >= 11 is 0. The molecule has 0 aliphatic carbocycles. The van der Waals surface area contributed by atoms with Crippen molar-refractivity contribution in [1.82, 2.24) is 30.2 Å². The van der Waals surface area contributed by atoms with Crippen LogP contribution in [-0.4, -0.2) is 64.0 Å². The van der Waals surface area contributed by atoms with Crippen LogP contribution in [0, 0.1) is 13.8 Å². The lowest BCUT2D eigenvalue weighted by Crippen LogP contribution is -2.33. The van der Waals surface area contributed by atoms with Crippen LogP contribution in [-0.2, 0) is 6.54 Å². The van der Waals surface area contributed by atoms with E-state index in [0.717, 1.165) is 49.0 Å². The summed E-state index contributed by atoms with van der Waals surface area (Å²) in [4.78, 5) is 32.2. The summed E-state index contributed by atoms with van der Waals surface area (Å²) in [6.45, 7) is 6.42. The molecule has 3 rings (SSSR count). The lowest BCUT2D eigenvalue weighted by Gasteiger charge is -2.22. The molecule has 1 amide bonds. The van der Waals surface area contributed by atoms with Crippen molar-refractivity contribution in [3.05, 3.63) is 35.3 Å². The first-order chi connectivity index (χ1) is 12.0. The van der Waals surface area contributed by atoms with Gasteiger partial charge in [0.1, 0.15) is 11.6 Å². The standard InChI is InChI=1S/C17H25N7O/c1-11-12(2)21-15(17(25)23(3)4)22-16(11)24-8-5-13(10-24)20-9-14-18-6-7-19-14/h6-7,13,20H,5,8-10H2,1-4H3,(H,18,19)/t13-/m1/s1. The average molecular weight is 343 g/mol. The second-order valence-corrected chi connectivity index (χ2v) is 6.63. The van der Waals surface area contributed by atoms with Crippen LogP contribution in [0.25, 0.3) is 0 Å². The largest absolute Gasteiger partial charge is 0.355 e. The van der Waals surface area contributed by atoms with Crippen molar-refractivity contribution in [1.29, 1.82) is 0 Å². The monoisotopic (exact) mass is 343 g/mol. The van der Waals surface area contributed by atoms with Gasteiger partial charge in [-0.05, 0) is 20.3 Å². The summed E-state index contributed by atoms with van der Waals surface area (Å²) in [5.41, 5.74) is 1.88. The van der Waals surface area contributed by atoms with Crippen LogP contribution in [0.1, 0.15) is 34.1 Å². The van der Waals surface area contributed by atoms with Crippen molar-refractivity contribution in [2.24, 2.45) is 0 Å². The van der Waals surface area contributed by atoms with E-state index in [1.165, 1.54) is 4.90 Å². The first-order valence-electron chi connectivity index (χ1n) is 8.49. The molecule has 1 saturated heterocycles. The molecule has 1 fully saturated rings. The molecule has 1 atom stereocenters. The molecule has 0 bridgehead atoms. The van der Waals surface area contributed by atoms with Crippen molar-refractivity contribution < 1.29 is 4.79 Å². The molecule has 2 aromatic rings. The molecule has 1 aliphatic heterocycles. The molecule has 0 unspecified atom stereocenters. The van der Waals surface area contributed by atoms with Gasteiger partial charge < -0.3 is 20.1 Å². The number of aryl methyl sites for hydroxylation is 1. The summed E-state index contributed by atoms with van der Waals surface area (Å²) in [5, 5.41) is 3.52. The van der Waals surface area contributed by atoms with Crippen LogP contribution < -0.4 is 10.2 Å². The summed E-state index contributed by atoms with van der Waals surface area (Å²) in [6.07, 6.45) is 4.61. The molecule has 0 saturated carbocycles. The molecule has 0 spiro atoms. The molecule has 2 N–H and O–H groups in total. The number of aromatic nitrogens is 4. The number of imidazole rings is 1. The van der Waals surface area contributed by atoms with Crippen LogP contribution in [0.4, 0.5) is 5.82 Å². The Kier molecular flexibility index (Phi) is 4.98. The molecule has 2 aromatic heterocycles. The molecule has 3 heterocycles. The Morgan fingerprint density at radius 3 is 2.88 bits per heavy atom. The SMILES string of the molecule is Cc1nc(C(=O)N(C)C)nc(N2CC[C@@H](NCc3ncc[nH]3)C2)c1C. The number of nitrogens with one attached hydrogen (secondary N) is 2. The quantitative estimate of drug-likeness (QED) is 0.838. The molecule has 0 radical (unpaired) electrons. The highest BCUT2D eigenvalue weighted by Crippen LogP contribution is 2.24. The number of anilines is 1. The molecule has 8 heteroatoms. The van der Waals surface area contributed by atoms with Gasteiger partial charge in [-0.25, -0.2) is 15.0 Å². The molecule has 0 aromatic carbocycles. The van der Waals surface area contributed by atoms with Crippen LogP contribution in [0.15, 0.2) is 12.4 Å². The van der Waals surface area contributed by atoms with Gasteiger partial charge in [0.05, 0.1) is 6.54 Å². The molecule has 1 aliphatic rings. The summed E-state index contributed by atoms with van der Waals surface area (Å²) in [6, 6.07) is 0.368. The van der Waals surface area contributed by atoms with Crippen LogP contribution in [0.5, 0.6) is 0 Å². The van der Waals surface area contributed by atoms with E-state index in [-0.39, 0.29) is 11.7 Å². The first kappa shape index (κ1) is 17.3. The van der Waals surface area contributed by atoms with Crippen LogP contribution in [0.2, 0.25) is 0 Å². The third-order valence-corrected chi connectivity index (χ3v) is 4.56. The predicted molar refractivity (Wildman–Crippen MR) is 95.6 cm³/mol. The zero-order chi connectivity index (χ0) is 18.0. The Hall–Kier alpha value is -2.48. The summed E-state index contributed by atoms with van der Waals surface area (Å²) < 4.78 is 0. The molecular formula is C17H25N7O. The number of carbonyl (C=O) groups excluding carboxylic acids is 1. The van der Waals surface area contributed by atoms with Crippen molar-refractivity contribution >= 4 is 11.7 Å². The smallest absolute Gasteiger partial charge is 0.291 e. The van der Waals surface area contributed by atoms with Gasteiger partial charge in [-0.2, -0.15) is 0 Å². The highest BCUT2D eigenvalue weighted by atomic mass is 16.2. The second-order valence-electron chi connectivity index (χ2n) is 6.63. The Morgan fingerprint density at radius 1 is 1.40 bits per heavy atom. The van der Waals surface area contributed by atoms with Crippen LogP contribution >= 0.6 is 0 Å².